The summed E-state index contributed by atoms with van der Waals surface area (Å²) in [5.74, 6) is -1.13. The average Bonchev–Trinajstić information content (AvgIpc) is 3.13. The summed E-state index contributed by atoms with van der Waals surface area (Å²) in [5.41, 5.74) is 2.83. The van der Waals surface area contributed by atoms with Gasteiger partial charge in [0.05, 0.1) is 5.56 Å². The Morgan fingerprint density at radius 3 is 2.25 bits per heavy atom. The molecule has 8 nitrogen and oxygen atoms in total. The number of aryl methyl sites for hydroxylation is 1. The molecule has 3 amide bonds. The normalized spacial score (nSPS) is 14.6. The van der Waals surface area contributed by atoms with Crippen molar-refractivity contribution in [1.82, 2.24) is 14.5 Å². The maximum Gasteiger partial charge on any atom is 0.269 e. The van der Waals surface area contributed by atoms with Crippen LogP contribution in [0, 0.1) is 12.8 Å². The van der Waals surface area contributed by atoms with Gasteiger partial charge in [0.1, 0.15) is 10.9 Å². The molecule has 0 spiro atoms. The molecule has 4 rings (SSSR count). The van der Waals surface area contributed by atoms with Crippen molar-refractivity contribution in [3.05, 3.63) is 101 Å². The van der Waals surface area contributed by atoms with Crippen molar-refractivity contribution >= 4 is 27.7 Å². The Hall–Kier alpha value is -3.98. The number of carbonyl (C=O) groups is 3. The third-order valence-corrected chi connectivity index (χ3v) is 8.84. The van der Waals surface area contributed by atoms with Crippen molar-refractivity contribution in [2.24, 2.45) is 5.92 Å². The van der Waals surface area contributed by atoms with E-state index in [1.54, 1.807) is 12.1 Å². The summed E-state index contributed by atoms with van der Waals surface area (Å²) in [6, 6.07) is 22.3. The van der Waals surface area contributed by atoms with E-state index >= 15 is 0 Å². The minimum atomic E-state index is -4.05. The van der Waals surface area contributed by atoms with E-state index in [-0.39, 0.29) is 48.2 Å². The number of hydrogen-bond acceptors (Lipinski definition) is 5. The third kappa shape index (κ3) is 6.42. The Balaban J connectivity index is 1.64. The molecule has 1 atom stereocenters. The lowest BCUT2D eigenvalue weighted by Gasteiger charge is -2.32. The molecule has 1 aliphatic heterocycles. The SMILES string of the molecule is Cc1ccccc1CN(C(=O)CCN1C(=O)c2ccccc2S1(=O)=O)[C@@H](Cc1ccccc1)C(=O)NCC(C)C. The first-order chi connectivity index (χ1) is 19.1. The Labute approximate surface area is 236 Å². The van der Waals surface area contributed by atoms with Gasteiger partial charge < -0.3 is 10.2 Å². The summed E-state index contributed by atoms with van der Waals surface area (Å²) < 4.78 is 26.9. The zero-order chi connectivity index (χ0) is 28.9. The lowest BCUT2D eigenvalue weighted by molar-refractivity contribution is -0.141. The van der Waals surface area contributed by atoms with E-state index in [1.807, 2.05) is 75.4 Å². The number of rotatable bonds is 11. The summed E-state index contributed by atoms with van der Waals surface area (Å²) >= 11 is 0. The van der Waals surface area contributed by atoms with Gasteiger partial charge in [-0.05, 0) is 41.7 Å². The third-order valence-electron chi connectivity index (χ3n) is 7.00. The monoisotopic (exact) mass is 561 g/mol. The van der Waals surface area contributed by atoms with Crippen LogP contribution in [0.5, 0.6) is 0 Å². The van der Waals surface area contributed by atoms with Crippen LogP contribution in [-0.2, 0) is 32.6 Å². The van der Waals surface area contributed by atoms with Crippen LogP contribution >= 0.6 is 0 Å². The fraction of sp³-hybridized carbons (Fsp3) is 0.323. The Morgan fingerprint density at radius 1 is 0.925 bits per heavy atom. The number of amides is 3. The van der Waals surface area contributed by atoms with Crippen LogP contribution in [-0.4, -0.2) is 54.5 Å². The molecule has 0 aliphatic carbocycles. The fourth-order valence-corrected chi connectivity index (χ4v) is 6.31. The quantitative estimate of drug-likeness (QED) is 0.382. The number of sulfonamides is 1. The zero-order valence-electron chi connectivity index (χ0n) is 23.0. The second-order valence-electron chi connectivity index (χ2n) is 10.4. The van der Waals surface area contributed by atoms with Crippen molar-refractivity contribution in [1.29, 1.82) is 0 Å². The molecule has 0 bridgehead atoms. The summed E-state index contributed by atoms with van der Waals surface area (Å²) in [7, 11) is -4.05. The highest BCUT2D eigenvalue weighted by atomic mass is 32.2. The van der Waals surface area contributed by atoms with E-state index in [9.17, 15) is 22.8 Å². The van der Waals surface area contributed by atoms with E-state index in [4.69, 9.17) is 0 Å². The minimum absolute atomic E-state index is 0.0563. The highest BCUT2D eigenvalue weighted by molar-refractivity contribution is 7.90. The van der Waals surface area contributed by atoms with Gasteiger partial charge in [0.2, 0.25) is 11.8 Å². The van der Waals surface area contributed by atoms with Crippen molar-refractivity contribution < 1.29 is 22.8 Å². The zero-order valence-corrected chi connectivity index (χ0v) is 23.9. The lowest BCUT2D eigenvalue weighted by atomic mass is 10.0. The highest BCUT2D eigenvalue weighted by Gasteiger charge is 2.41. The summed E-state index contributed by atoms with van der Waals surface area (Å²) in [6.07, 6.45) is 0.0301. The van der Waals surface area contributed by atoms with Crippen LogP contribution < -0.4 is 5.32 Å². The van der Waals surface area contributed by atoms with Crippen molar-refractivity contribution in [3.8, 4) is 0 Å². The Kier molecular flexibility index (Phi) is 9.04. The molecule has 3 aromatic rings. The largest absolute Gasteiger partial charge is 0.354 e. The second kappa shape index (κ2) is 12.5. The fourth-order valence-electron chi connectivity index (χ4n) is 4.74. The van der Waals surface area contributed by atoms with Gasteiger partial charge in [-0.25, -0.2) is 12.7 Å². The van der Waals surface area contributed by atoms with Gasteiger partial charge in [-0.1, -0.05) is 80.6 Å². The maximum absolute atomic E-state index is 13.9. The molecule has 3 aromatic carbocycles. The smallest absolute Gasteiger partial charge is 0.269 e. The summed E-state index contributed by atoms with van der Waals surface area (Å²) in [4.78, 5) is 41.8. The number of hydrogen-bond donors (Lipinski definition) is 1. The van der Waals surface area contributed by atoms with E-state index in [1.165, 1.54) is 17.0 Å². The summed E-state index contributed by atoms with van der Waals surface area (Å²) in [5, 5.41) is 2.97. The molecule has 0 saturated heterocycles. The first kappa shape index (κ1) is 29.0. The van der Waals surface area contributed by atoms with Gasteiger partial charge in [0.25, 0.3) is 15.9 Å². The van der Waals surface area contributed by atoms with Crippen LogP contribution in [0.25, 0.3) is 0 Å². The standard InChI is InChI=1S/C31H35N3O5S/c1-22(2)20-32-30(36)27(19-24-12-5-4-6-13-24)33(21-25-14-8-7-11-23(25)3)29(35)17-18-34-31(37)26-15-9-10-16-28(26)40(34,38)39/h4-16,22,27H,17-21H2,1-3H3,(H,32,36)/t27-/m0/s1. The molecule has 1 N–H and O–H groups in total. The Morgan fingerprint density at radius 2 is 1.57 bits per heavy atom. The van der Waals surface area contributed by atoms with Gasteiger partial charge in [-0.2, -0.15) is 0 Å². The van der Waals surface area contributed by atoms with Crippen LogP contribution in [0.4, 0.5) is 0 Å². The molecular formula is C31H35N3O5S. The van der Waals surface area contributed by atoms with Gasteiger partial charge in [0.15, 0.2) is 0 Å². The van der Waals surface area contributed by atoms with E-state index in [0.717, 1.165) is 21.0 Å². The summed E-state index contributed by atoms with van der Waals surface area (Å²) in [6.45, 7) is 6.23. The topological polar surface area (TPSA) is 104 Å². The van der Waals surface area contributed by atoms with Crippen LogP contribution in [0.1, 0.15) is 47.3 Å². The molecule has 0 aromatic heterocycles. The Bertz CT molecular complexity index is 1490. The molecule has 40 heavy (non-hydrogen) atoms. The van der Waals surface area contributed by atoms with Crippen molar-refractivity contribution in [2.75, 3.05) is 13.1 Å². The second-order valence-corrected chi connectivity index (χ2v) is 12.3. The molecule has 0 unspecified atom stereocenters. The molecule has 0 fully saturated rings. The maximum atomic E-state index is 13.9. The van der Waals surface area contributed by atoms with Crippen LogP contribution in [0.3, 0.4) is 0 Å². The lowest BCUT2D eigenvalue weighted by Crippen LogP contribution is -2.51. The molecule has 0 saturated carbocycles. The number of carbonyl (C=O) groups excluding carboxylic acids is 3. The van der Waals surface area contributed by atoms with Crippen molar-refractivity contribution in [3.63, 3.8) is 0 Å². The molecule has 210 valence electrons. The van der Waals surface area contributed by atoms with Crippen LogP contribution in [0.15, 0.2) is 83.8 Å². The number of nitrogens with zero attached hydrogens (tertiary/aromatic N) is 2. The van der Waals surface area contributed by atoms with Gasteiger partial charge in [0, 0.05) is 32.5 Å². The van der Waals surface area contributed by atoms with Crippen molar-refractivity contribution in [2.45, 2.75) is 51.1 Å². The first-order valence-corrected chi connectivity index (χ1v) is 14.8. The van der Waals surface area contributed by atoms with E-state index < -0.39 is 27.9 Å². The van der Waals surface area contributed by atoms with E-state index in [0.29, 0.717) is 6.54 Å². The average molecular weight is 562 g/mol. The molecule has 1 aliphatic rings. The minimum Gasteiger partial charge on any atom is -0.354 e. The van der Waals surface area contributed by atoms with Gasteiger partial charge in [-0.3, -0.25) is 14.4 Å². The van der Waals surface area contributed by atoms with Crippen LogP contribution in [0.2, 0.25) is 0 Å². The molecule has 0 radical (unpaired) electrons. The predicted octanol–water partition coefficient (Wildman–Crippen LogP) is 3.94. The van der Waals surface area contributed by atoms with E-state index in [2.05, 4.69) is 5.32 Å². The number of benzene rings is 3. The molecule has 9 heteroatoms. The van der Waals surface area contributed by atoms with Gasteiger partial charge >= 0.3 is 0 Å². The molecular weight excluding hydrogens is 526 g/mol. The first-order valence-electron chi connectivity index (χ1n) is 13.4. The predicted molar refractivity (Wildman–Crippen MR) is 153 cm³/mol. The highest BCUT2D eigenvalue weighted by Crippen LogP contribution is 2.30. The number of fused-ring (bicyclic) bond motifs is 1. The molecule has 1 heterocycles. The van der Waals surface area contributed by atoms with Gasteiger partial charge in [-0.15, -0.1) is 0 Å². The number of nitrogens with one attached hydrogen (secondary N) is 1.